The molecule has 1 aromatic heterocycles. The van der Waals surface area contributed by atoms with E-state index in [0.29, 0.717) is 0 Å². The highest BCUT2D eigenvalue weighted by Crippen LogP contribution is 2.24. The fourth-order valence-electron chi connectivity index (χ4n) is 3.03. The van der Waals surface area contributed by atoms with E-state index in [-0.39, 0.29) is 5.82 Å². The molecule has 0 saturated carbocycles. The first-order chi connectivity index (χ1) is 10.6. The number of anilines is 1. The Labute approximate surface area is 131 Å². The Bertz CT molecular complexity index is 649. The summed E-state index contributed by atoms with van der Waals surface area (Å²) in [6.45, 7) is 9.11. The van der Waals surface area contributed by atoms with Crippen molar-refractivity contribution in [3.05, 3.63) is 59.2 Å². The van der Waals surface area contributed by atoms with E-state index in [1.807, 2.05) is 0 Å². The van der Waals surface area contributed by atoms with Crippen LogP contribution in [0, 0.1) is 19.7 Å². The molecule has 0 amide bonds. The maximum absolute atomic E-state index is 13.2. The first-order valence-electron chi connectivity index (χ1n) is 7.76. The zero-order valence-corrected chi connectivity index (χ0v) is 13.2. The number of piperazine rings is 1. The van der Waals surface area contributed by atoms with Crippen LogP contribution in [0.1, 0.15) is 16.7 Å². The average Bonchev–Trinajstić information content (AvgIpc) is 2.51. The molecule has 1 aliphatic heterocycles. The van der Waals surface area contributed by atoms with Gasteiger partial charge < -0.3 is 4.90 Å². The maximum Gasteiger partial charge on any atom is 0.141 e. The number of benzene rings is 1. The summed E-state index contributed by atoms with van der Waals surface area (Å²) in [6.07, 6.45) is 3.00. The molecule has 3 rings (SSSR count). The molecule has 4 heteroatoms. The van der Waals surface area contributed by atoms with Crippen LogP contribution in [0.4, 0.5) is 10.1 Å². The Morgan fingerprint density at radius 1 is 1.09 bits per heavy atom. The van der Waals surface area contributed by atoms with Gasteiger partial charge in [-0.05, 0) is 42.7 Å². The third-order valence-electron chi connectivity index (χ3n) is 4.46. The first-order valence-corrected chi connectivity index (χ1v) is 7.76. The second-order valence-electron chi connectivity index (χ2n) is 5.99. The van der Waals surface area contributed by atoms with Gasteiger partial charge in [0, 0.05) is 44.6 Å². The fraction of sp³-hybridized carbons (Fsp3) is 0.389. The van der Waals surface area contributed by atoms with Crippen molar-refractivity contribution in [3.63, 3.8) is 0 Å². The largest absolute Gasteiger partial charge is 0.369 e. The molecule has 0 aliphatic carbocycles. The van der Waals surface area contributed by atoms with Crippen molar-refractivity contribution in [3.8, 4) is 0 Å². The van der Waals surface area contributed by atoms with Gasteiger partial charge in [0.15, 0.2) is 0 Å². The molecule has 2 aromatic rings. The van der Waals surface area contributed by atoms with Gasteiger partial charge in [0.2, 0.25) is 0 Å². The van der Waals surface area contributed by atoms with Gasteiger partial charge in [0.25, 0.3) is 0 Å². The minimum absolute atomic E-state index is 0.258. The van der Waals surface area contributed by atoms with E-state index in [2.05, 4.69) is 46.8 Å². The van der Waals surface area contributed by atoms with E-state index in [1.54, 1.807) is 12.3 Å². The molecule has 0 bridgehead atoms. The molecule has 116 valence electrons. The van der Waals surface area contributed by atoms with Crippen LogP contribution in [0.5, 0.6) is 0 Å². The summed E-state index contributed by atoms with van der Waals surface area (Å²) in [7, 11) is 0. The molecule has 3 nitrogen and oxygen atoms in total. The summed E-state index contributed by atoms with van der Waals surface area (Å²) < 4.78 is 13.2. The third-order valence-corrected chi connectivity index (χ3v) is 4.46. The van der Waals surface area contributed by atoms with Crippen LogP contribution in [-0.2, 0) is 6.54 Å². The molecule has 0 radical (unpaired) electrons. The predicted molar refractivity (Wildman–Crippen MR) is 87.6 cm³/mol. The minimum atomic E-state index is -0.258. The number of hydrogen-bond acceptors (Lipinski definition) is 3. The molecule has 22 heavy (non-hydrogen) atoms. The van der Waals surface area contributed by atoms with Gasteiger partial charge in [-0.1, -0.05) is 12.1 Å². The Kier molecular flexibility index (Phi) is 4.39. The number of aryl methyl sites for hydroxylation is 1. The molecular formula is C18H22FN3. The van der Waals surface area contributed by atoms with E-state index >= 15 is 0 Å². The SMILES string of the molecule is Cc1cccc(N2CCN(Cc3cncc(F)c3)CC2)c1C. The first kappa shape index (κ1) is 15.0. The van der Waals surface area contributed by atoms with Crippen LogP contribution in [-0.4, -0.2) is 36.1 Å². The lowest BCUT2D eigenvalue weighted by atomic mass is 10.1. The molecule has 1 aliphatic rings. The number of rotatable bonds is 3. The molecule has 2 heterocycles. The Hall–Kier alpha value is -1.94. The van der Waals surface area contributed by atoms with Crippen LogP contribution in [0.15, 0.2) is 36.7 Å². The second kappa shape index (κ2) is 6.44. The van der Waals surface area contributed by atoms with Gasteiger partial charge in [0.1, 0.15) is 5.82 Å². The Balaban J connectivity index is 1.62. The molecule has 0 spiro atoms. The molecule has 0 unspecified atom stereocenters. The number of aromatic nitrogens is 1. The summed E-state index contributed by atoms with van der Waals surface area (Å²) in [5.41, 5.74) is 4.99. The highest BCUT2D eigenvalue weighted by Gasteiger charge is 2.19. The molecule has 1 fully saturated rings. The summed E-state index contributed by atoms with van der Waals surface area (Å²) in [4.78, 5) is 8.73. The molecular weight excluding hydrogens is 277 g/mol. The maximum atomic E-state index is 13.2. The molecule has 1 saturated heterocycles. The van der Waals surface area contributed by atoms with Crippen LogP contribution >= 0.6 is 0 Å². The van der Waals surface area contributed by atoms with Gasteiger partial charge in [0.05, 0.1) is 6.20 Å². The van der Waals surface area contributed by atoms with Gasteiger partial charge in [-0.3, -0.25) is 9.88 Å². The minimum Gasteiger partial charge on any atom is -0.369 e. The van der Waals surface area contributed by atoms with Gasteiger partial charge in [-0.25, -0.2) is 4.39 Å². The molecule has 1 aromatic carbocycles. The Morgan fingerprint density at radius 3 is 2.59 bits per heavy atom. The quantitative estimate of drug-likeness (QED) is 0.868. The van der Waals surface area contributed by atoms with Crippen LogP contribution in [0.3, 0.4) is 0 Å². The predicted octanol–water partition coefficient (Wildman–Crippen LogP) is 3.16. The van der Waals surface area contributed by atoms with Crippen LogP contribution in [0.2, 0.25) is 0 Å². The van der Waals surface area contributed by atoms with Gasteiger partial charge in [-0.2, -0.15) is 0 Å². The monoisotopic (exact) mass is 299 g/mol. The van der Waals surface area contributed by atoms with Crippen molar-refractivity contribution >= 4 is 5.69 Å². The van der Waals surface area contributed by atoms with Gasteiger partial charge >= 0.3 is 0 Å². The van der Waals surface area contributed by atoms with Crippen molar-refractivity contribution < 1.29 is 4.39 Å². The number of halogens is 1. The fourth-order valence-corrected chi connectivity index (χ4v) is 3.03. The summed E-state index contributed by atoms with van der Waals surface area (Å²) in [5, 5.41) is 0. The Morgan fingerprint density at radius 2 is 1.86 bits per heavy atom. The lowest BCUT2D eigenvalue weighted by molar-refractivity contribution is 0.249. The molecule has 0 atom stereocenters. The second-order valence-corrected chi connectivity index (χ2v) is 5.99. The van der Waals surface area contributed by atoms with Crippen molar-refractivity contribution in [1.82, 2.24) is 9.88 Å². The summed E-state index contributed by atoms with van der Waals surface area (Å²) in [6, 6.07) is 8.06. The standard InChI is InChI=1S/C18H22FN3/c1-14-4-3-5-18(15(14)2)22-8-6-21(7-9-22)13-16-10-17(19)12-20-11-16/h3-5,10-12H,6-9,13H2,1-2H3. The average molecular weight is 299 g/mol. The third kappa shape index (κ3) is 3.28. The van der Waals surface area contributed by atoms with Crippen molar-refractivity contribution in [2.45, 2.75) is 20.4 Å². The smallest absolute Gasteiger partial charge is 0.141 e. The zero-order valence-electron chi connectivity index (χ0n) is 13.2. The van der Waals surface area contributed by atoms with E-state index in [4.69, 9.17) is 0 Å². The van der Waals surface area contributed by atoms with E-state index in [1.165, 1.54) is 23.0 Å². The van der Waals surface area contributed by atoms with Crippen molar-refractivity contribution in [2.75, 3.05) is 31.1 Å². The zero-order chi connectivity index (χ0) is 15.5. The van der Waals surface area contributed by atoms with E-state index < -0.39 is 0 Å². The van der Waals surface area contributed by atoms with Crippen LogP contribution in [0.25, 0.3) is 0 Å². The lowest BCUT2D eigenvalue weighted by Crippen LogP contribution is -2.46. The molecule has 0 N–H and O–H groups in total. The van der Waals surface area contributed by atoms with Crippen molar-refractivity contribution in [1.29, 1.82) is 0 Å². The van der Waals surface area contributed by atoms with Gasteiger partial charge in [-0.15, -0.1) is 0 Å². The summed E-state index contributed by atoms with van der Waals surface area (Å²) in [5.74, 6) is -0.258. The van der Waals surface area contributed by atoms with E-state index in [9.17, 15) is 4.39 Å². The number of hydrogen-bond donors (Lipinski definition) is 0. The van der Waals surface area contributed by atoms with Crippen LogP contribution < -0.4 is 4.90 Å². The lowest BCUT2D eigenvalue weighted by Gasteiger charge is -2.37. The highest BCUT2D eigenvalue weighted by molar-refractivity contribution is 5.56. The normalized spacial score (nSPS) is 16.0. The van der Waals surface area contributed by atoms with E-state index in [0.717, 1.165) is 38.3 Å². The number of pyridine rings is 1. The number of nitrogens with zero attached hydrogens (tertiary/aromatic N) is 3. The summed E-state index contributed by atoms with van der Waals surface area (Å²) >= 11 is 0. The highest BCUT2D eigenvalue weighted by atomic mass is 19.1. The van der Waals surface area contributed by atoms with Crippen molar-refractivity contribution in [2.24, 2.45) is 0 Å². The topological polar surface area (TPSA) is 19.4 Å².